The standard InChI is InChI=1S/C16H16ClN3O/c1-10(2)20-9-14(11-4-6-12(21-3)7-5-11)13-8-18-16(17)19-15(13)20/h4-10H,1-3H3. The van der Waals surface area contributed by atoms with Crippen molar-refractivity contribution in [3.8, 4) is 16.9 Å². The molecule has 0 atom stereocenters. The summed E-state index contributed by atoms with van der Waals surface area (Å²) in [6.07, 6.45) is 3.88. The minimum absolute atomic E-state index is 0.267. The molecule has 0 amide bonds. The molecule has 3 rings (SSSR count). The number of ether oxygens (including phenoxy) is 1. The molecule has 0 unspecified atom stereocenters. The van der Waals surface area contributed by atoms with E-state index in [1.807, 2.05) is 24.3 Å². The van der Waals surface area contributed by atoms with Gasteiger partial charge in [-0.3, -0.25) is 0 Å². The number of hydrogen-bond donors (Lipinski definition) is 0. The van der Waals surface area contributed by atoms with Gasteiger partial charge in [0.25, 0.3) is 0 Å². The average Bonchev–Trinajstić information content (AvgIpc) is 2.86. The number of hydrogen-bond acceptors (Lipinski definition) is 3. The fourth-order valence-corrected chi connectivity index (χ4v) is 2.53. The average molecular weight is 302 g/mol. The van der Waals surface area contributed by atoms with Gasteiger partial charge in [0.1, 0.15) is 11.4 Å². The summed E-state index contributed by atoms with van der Waals surface area (Å²) >= 11 is 5.94. The van der Waals surface area contributed by atoms with Crippen molar-refractivity contribution in [3.05, 3.63) is 41.9 Å². The second-order valence-corrected chi connectivity index (χ2v) is 5.49. The highest BCUT2D eigenvalue weighted by atomic mass is 35.5. The van der Waals surface area contributed by atoms with Gasteiger partial charge in [-0.05, 0) is 43.1 Å². The molecule has 108 valence electrons. The van der Waals surface area contributed by atoms with Gasteiger partial charge < -0.3 is 9.30 Å². The van der Waals surface area contributed by atoms with E-state index in [1.54, 1.807) is 13.3 Å². The Morgan fingerprint density at radius 3 is 2.52 bits per heavy atom. The van der Waals surface area contributed by atoms with Crippen LogP contribution in [0.25, 0.3) is 22.2 Å². The molecule has 21 heavy (non-hydrogen) atoms. The number of methoxy groups -OCH3 is 1. The van der Waals surface area contributed by atoms with Gasteiger partial charge >= 0.3 is 0 Å². The van der Waals surface area contributed by atoms with Crippen molar-refractivity contribution >= 4 is 22.6 Å². The zero-order valence-electron chi connectivity index (χ0n) is 12.2. The van der Waals surface area contributed by atoms with Gasteiger partial charge in [0, 0.05) is 29.4 Å². The van der Waals surface area contributed by atoms with Gasteiger partial charge in [0.05, 0.1) is 7.11 Å². The molecule has 0 radical (unpaired) electrons. The largest absolute Gasteiger partial charge is 0.497 e. The van der Waals surface area contributed by atoms with E-state index >= 15 is 0 Å². The maximum Gasteiger partial charge on any atom is 0.224 e. The molecule has 3 aromatic rings. The molecule has 2 heterocycles. The summed E-state index contributed by atoms with van der Waals surface area (Å²) in [5.74, 6) is 0.839. The summed E-state index contributed by atoms with van der Waals surface area (Å²) in [6.45, 7) is 4.24. The number of rotatable bonds is 3. The Kier molecular flexibility index (Phi) is 3.55. The third-order valence-corrected chi connectivity index (χ3v) is 3.68. The molecule has 0 saturated carbocycles. The van der Waals surface area contributed by atoms with Crippen molar-refractivity contribution in [2.75, 3.05) is 7.11 Å². The maximum absolute atomic E-state index is 5.94. The first kappa shape index (κ1) is 13.9. The predicted molar refractivity (Wildman–Crippen MR) is 84.9 cm³/mol. The molecular formula is C16H16ClN3O. The van der Waals surface area contributed by atoms with Gasteiger partial charge in [-0.25, -0.2) is 4.98 Å². The molecule has 4 nitrogen and oxygen atoms in total. The van der Waals surface area contributed by atoms with Gasteiger partial charge in [0.2, 0.25) is 5.28 Å². The molecular weight excluding hydrogens is 286 g/mol. The van der Waals surface area contributed by atoms with Crippen molar-refractivity contribution in [1.82, 2.24) is 14.5 Å². The summed E-state index contributed by atoms with van der Waals surface area (Å²) in [7, 11) is 1.66. The smallest absolute Gasteiger partial charge is 0.224 e. The minimum Gasteiger partial charge on any atom is -0.497 e. The first-order valence-corrected chi connectivity index (χ1v) is 7.15. The maximum atomic E-state index is 5.94. The van der Waals surface area contributed by atoms with Crippen LogP contribution in [0.2, 0.25) is 5.28 Å². The SMILES string of the molecule is COc1ccc(-c2cn(C(C)C)c3nc(Cl)ncc23)cc1. The van der Waals surface area contributed by atoms with Gasteiger partial charge in [-0.15, -0.1) is 0 Å². The van der Waals surface area contributed by atoms with Crippen LogP contribution in [0.4, 0.5) is 0 Å². The first-order valence-electron chi connectivity index (χ1n) is 6.77. The lowest BCUT2D eigenvalue weighted by Gasteiger charge is -2.07. The van der Waals surface area contributed by atoms with Crippen LogP contribution < -0.4 is 4.74 Å². The number of benzene rings is 1. The van der Waals surface area contributed by atoms with E-state index in [0.29, 0.717) is 6.04 Å². The highest BCUT2D eigenvalue weighted by Gasteiger charge is 2.14. The molecule has 5 heteroatoms. The summed E-state index contributed by atoms with van der Waals surface area (Å²) in [5, 5.41) is 1.27. The Morgan fingerprint density at radius 1 is 1.19 bits per heavy atom. The summed E-state index contributed by atoms with van der Waals surface area (Å²) in [5.41, 5.74) is 3.06. The van der Waals surface area contributed by atoms with Crippen LogP contribution in [-0.4, -0.2) is 21.6 Å². The molecule has 0 N–H and O–H groups in total. The summed E-state index contributed by atoms with van der Waals surface area (Å²) in [6, 6.07) is 8.26. The second kappa shape index (κ2) is 5.37. The Balaban J connectivity index is 2.22. The van der Waals surface area contributed by atoms with Crippen LogP contribution in [0, 0.1) is 0 Å². The Hall–Kier alpha value is -2.07. The van der Waals surface area contributed by atoms with Crippen LogP contribution in [0.1, 0.15) is 19.9 Å². The lowest BCUT2D eigenvalue weighted by Crippen LogP contribution is -1.99. The van der Waals surface area contributed by atoms with Crippen LogP contribution in [0.3, 0.4) is 0 Å². The van der Waals surface area contributed by atoms with E-state index < -0.39 is 0 Å². The fraction of sp³-hybridized carbons (Fsp3) is 0.250. The van der Waals surface area contributed by atoms with E-state index in [9.17, 15) is 0 Å². The third-order valence-electron chi connectivity index (χ3n) is 3.50. The van der Waals surface area contributed by atoms with Crippen LogP contribution in [0.5, 0.6) is 5.75 Å². The molecule has 0 aliphatic carbocycles. The van der Waals surface area contributed by atoms with Crippen LogP contribution in [0.15, 0.2) is 36.7 Å². The number of fused-ring (bicyclic) bond motifs is 1. The molecule has 0 aliphatic rings. The van der Waals surface area contributed by atoms with Gasteiger partial charge in [-0.1, -0.05) is 12.1 Å². The monoisotopic (exact) mass is 301 g/mol. The zero-order valence-corrected chi connectivity index (χ0v) is 12.9. The quantitative estimate of drug-likeness (QED) is 0.676. The molecule has 0 spiro atoms. The fourth-order valence-electron chi connectivity index (χ4n) is 2.40. The molecule has 0 aliphatic heterocycles. The van der Waals surface area contributed by atoms with E-state index in [0.717, 1.165) is 27.9 Å². The van der Waals surface area contributed by atoms with E-state index in [-0.39, 0.29) is 5.28 Å². The Labute approximate surface area is 128 Å². The lowest BCUT2D eigenvalue weighted by atomic mass is 10.1. The predicted octanol–water partition coefficient (Wildman–Crippen LogP) is 4.34. The van der Waals surface area contributed by atoms with E-state index in [4.69, 9.17) is 16.3 Å². The molecule has 1 aromatic carbocycles. The van der Waals surface area contributed by atoms with Crippen molar-refractivity contribution < 1.29 is 4.74 Å². The Morgan fingerprint density at radius 2 is 1.90 bits per heavy atom. The second-order valence-electron chi connectivity index (χ2n) is 5.15. The minimum atomic E-state index is 0.267. The van der Waals surface area contributed by atoms with Crippen molar-refractivity contribution in [2.45, 2.75) is 19.9 Å². The molecule has 0 bridgehead atoms. The Bertz CT molecular complexity index is 778. The zero-order chi connectivity index (χ0) is 15.0. The van der Waals surface area contributed by atoms with Crippen molar-refractivity contribution in [3.63, 3.8) is 0 Å². The first-order chi connectivity index (χ1) is 10.1. The molecule has 2 aromatic heterocycles. The van der Waals surface area contributed by atoms with Crippen molar-refractivity contribution in [2.24, 2.45) is 0 Å². The number of nitrogens with zero attached hydrogens (tertiary/aromatic N) is 3. The van der Waals surface area contributed by atoms with Crippen LogP contribution in [-0.2, 0) is 0 Å². The van der Waals surface area contributed by atoms with Crippen LogP contribution >= 0.6 is 11.6 Å². The van der Waals surface area contributed by atoms with Gasteiger partial charge in [0.15, 0.2) is 0 Å². The van der Waals surface area contributed by atoms with Crippen molar-refractivity contribution in [1.29, 1.82) is 0 Å². The summed E-state index contributed by atoms with van der Waals surface area (Å²) < 4.78 is 7.32. The molecule has 0 saturated heterocycles. The van der Waals surface area contributed by atoms with E-state index in [1.165, 1.54) is 0 Å². The normalized spacial score (nSPS) is 11.3. The topological polar surface area (TPSA) is 39.9 Å². The third kappa shape index (κ3) is 2.47. The number of halogens is 1. The highest BCUT2D eigenvalue weighted by molar-refractivity contribution is 6.28. The number of aromatic nitrogens is 3. The van der Waals surface area contributed by atoms with E-state index in [2.05, 4.69) is 34.6 Å². The lowest BCUT2D eigenvalue weighted by molar-refractivity contribution is 0.415. The summed E-state index contributed by atoms with van der Waals surface area (Å²) in [4.78, 5) is 8.49. The van der Waals surface area contributed by atoms with Gasteiger partial charge in [-0.2, -0.15) is 4.98 Å². The molecule has 0 fully saturated rings. The highest BCUT2D eigenvalue weighted by Crippen LogP contribution is 2.32.